The molecule has 2 rings (SSSR count). The summed E-state index contributed by atoms with van der Waals surface area (Å²) >= 11 is 0. The van der Waals surface area contributed by atoms with Gasteiger partial charge in [0.05, 0.1) is 19.6 Å². The quantitative estimate of drug-likeness (QED) is 0.734. The number of hydrogen-bond donors (Lipinski definition) is 0. The van der Waals surface area contributed by atoms with Crippen LogP contribution in [-0.2, 0) is 9.53 Å². The molecular formula is C20H26O3. The number of ether oxygens (including phenoxy) is 2. The van der Waals surface area contributed by atoms with Crippen molar-refractivity contribution in [1.82, 2.24) is 0 Å². The zero-order valence-electron chi connectivity index (χ0n) is 14.7. The molecule has 124 valence electrons. The zero-order valence-corrected chi connectivity index (χ0v) is 14.7. The smallest absolute Gasteiger partial charge is 0.313 e. The van der Waals surface area contributed by atoms with Gasteiger partial charge >= 0.3 is 5.97 Å². The third kappa shape index (κ3) is 4.72. The summed E-state index contributed by atoms with van der Waals surface area (Å²) in [6.07, 6.45) is 0.864. The first-order valence-corrected chi connectivity index (χ1v) is 8.04. The van der Waals surface area contributed by atoms with Gasteiger partial charge in [0.15, 0.2) is 0 Å². The fraction of sp³-hybridized carbons (Fsp3) is 0.450. The summed E-state index contributed by atoms with van der Waals surface area (Å²) in [6.45, 7) is 8.78. The molecule has 0 heterocycles. The average Bonchev–Trinajstić information content (AvgIpc) is 2.51. The van der Waals surface area contributed by atoms with Crippen molar-refractivity contribution < 1.29 is 14.3 Å². The highest BCUT2D eigenvalue weighted by Gasteiger charge is 2.18. The van der Waals surface area contributed by atoms with Gasteiger partial charge in [0, 0.05) is 0 Å². The minimum absolute atomic E-state index is 0.165. The van der Waals surface area contributed by atoms with Gasteiger partial charge in [0.2, 0.25) is 0 Å². The van der Waals surface area contributed by atoms with Gasteiger partial charge in [0.25, 0.3) is 0 Å². The van der Waals surface area contributed by atoms with Gasteiger partial charge in [-0.05, 0) is 47.2 Å². The number of hydrogen-bond acceptors (Lipinski definition) is 3. The van der Waals surface area contributed by atoms with Crippen LogP contribution in [0.3, 0.4) is 0 Å². The Balaban J connectivity index is 2.08. The van der Waals surface area contributed by atoms with Crippen LogP contribution < -0.4 is 4.74 Å². The third-order valence-electron chi connectivity index (χ3n) is 4.02. The molecule has 3 heteroatoms. The van der Waals surface area contributed by atoms with E-state index >= 15 is 0 Å². The van der Waals surface area contributed by atoms with Crippen molar-refractivity contribution in [2.75, 3.05) is 13.7 Å². The van der Waals surface area contributed by atoms with Crippen LogP contribution in [0.5, 0.6) is 5.75 Å². The van der Waals surface area contributed by atoms with Crippen LogP contribution in [0.15, 0.2) is 36.4 Å². The molecule has 0 unspecified atom stereocenters. The van der Waals surface area contributed by atoms with Crippen LogP contribution in [-0.4, -0.2) is 19.7 Å². The molecule has 0 aliphatic heterocycles. The number of methoxy groups -OCH3 is 1. The average molecular weight is 314 g/mol. The van der Waals surface area contributed by atoms with E-state index in [9.17, 15) is 4.79 Å². The van der Waals surface area contributed by atoms with E-state index in [1.54, 1.807) is 7.11 Å². The van der Waals surface area contributed by atoms with Crippen LogP contribution in [0.1, 0.15) is 45.6 Å². The van der Waals surface area contributed by atoms with E-state index in [4.69, 9.17) is 9.47 Å². The SMILES string of the molecule is COc1ccc2cc([C@H](C)C(=O)OCCC(C)(C)C)ccc2c1. The van der Waals surface area contributed by atoms with Crippen molar-refractivity contribution >= 4 is 16.7 Å². The van der Waals surface area contributed by atoms with Crippen LogP contribution in [0.25, 0.3) is 10.8 Å². The van der Waals surface area contributed by atoms with Crippen molar-refractivity contribution in [2.45, 2.75) is 40.0 Å². The van der Waals surface area contributed by atoms with Crippen molar-refractivity contribution in [3.05, 3.63) is 42.0 Å². The molecule has 0 aromatic heterocycles. The van der Waals surface area contributed by atoms with Gasteiger partial charge in [-0.2, -0.15) is 0 Å². The molecule has 0 bridgehead atoms. The van der Waals surface area contributed by atoms with Crippen LogP contribution in [0.2, 0.25) is 0 Å². The van der Waals surface area contributed by atoms with Crippen LogP contribution >= 0.6 is 0 Å². The fourth-order valence-electron chi connectivity index (χ4n) is 2.36. The van der Waals surface area contributed by atoms with Crippen LogP contribution in [0.4, 0.5) is 0 Å². The summed E-state index contributed by atoms with van der Waals surface area (Å²) in [5.74, 6) is 0.406. The molecule has 0 fully saturated rings. The van der Waals surface area contributed by atoms with E-state index in [1.165, 1.54) is 0 Å². The molecule has 23 heavy (non-hydrogen) atoms. The minimum Gasteiger partial charge on any atom is -0.497 e. The van der Waals surface area contributed by atoms with Crippen molar-refractivity contribution in [2.24, 2.45) is 5.41 Å². The van der Waals surface area contributed by atoms with Gasteiger partial charge in [-0.1, -0.05) is 45.0 Å². The van der Waals surface area contributed by atoms with Crippen molar-refractivity contribution in [3.8, 4) is 5.75 Å². The first-order valence-electron chi connectivity index (χ1n) is 8.04. The van der Waals surface area contributed by atoms with Gasteiger partial charge < -0.3 is 9.47 Å². The monoisotopic (exact) mass is 314 g/mol. The first kappa shape index (κ1) is 17.3. The second-order valence-corrected chi connectivity index (χ2v) is 7.17. The lowest BCUT2D eigenvalue weighted by Gasteiger charge is -2.19. The maximum absolute atomic E-state index is 12.2. The molecule has 0 saturated carbocycles. The normalized spacial score (nSPS) is 12.9. The number of rotatable bonds is 5. The Morgan fingerprint density at radius 2 is 1.74 bits per heavy atom. The standard InChI is InChI=1S/C20H26O3/c1-14(19(21)23-11-10-20(2,3)4)15-6-7-17-13-18(22-5)9-8-16(17)12-15/h6-9,12-14H,10-11H2,1-5H3/t14-/m0/s1. The maximum atomic E-state index is 12.2. The Bertz CT molecular complexity index is 683. The van der Waals surface area contributed by atoms with E-state index in [0.29, 0.717) is 6.61 Å². The summed E-state index contributed by atoms with van der Waals surface area (Å²) in [5, 5.41) is 2.19. The largest absolute Gasteiger partial charge is 0.497 e. The molecular weight excluding hydrogens is 288 g/mol. The predicted octanol–water partition coefficient (Wildman–Crippen LogP) is 4.93. The van der Waals surface area contributed by atoms with E-state index < -0.39 is 0 Å². The lowest BCUT2D eigenvalue weighted by molar-refractivity contribution is -0.145. The number of carbonyl (C=O) groups excluding carboxylic acids is 1. The second-order valence-electron chi connectivity index (χ2n) is 7.17. The molecule has 0 aliphatic rings. The lowest BCUT2D eigenvalue weighted by Crippen LogP contribution is -2.17. The summed E-state index contributed by atoms with van der Waals surface area (Å²) in [4.78, 5) is 12.2. The highest BCUT2D eigenvalue weighted by Crippen LogP contribution is 2.26. The predicted molar refractivity (Wildman–Crippen MR) is 93.9 cm³/mol. The summed E-state index contributed by atoms with van der Waals surface area (Å²) in [7, 11) is 1.66. The highest BCUT2D eigenvalue weighted by atomic mass is 16.5. The Morgan fingerprint density at radius 1 is 1.09 bits per heavy atom. The van der Waals surface area contributed by atoms with E-state index in [1.807, 2.05) is 43.3 Å². The second kappa shape index (κ2) is 7.03. The molecule has 1 atom stereocenters. The molecule has 0 saturated heterocycles. The molecule has 2 aromatic carbocycles. The van der Waals surface area contributed by atoms with Crippen LogP contribution in [0, 0.1) is 5.41 Å². The summed E-state index contributed by atoms with van der Waals surface area (Å²) in [6, 6.07) is 12.0. The Kier molecular flexibility index (Phi) is 5.30. The van der Waals surface area contributed by atoms with Gasteiger partial charge in [0.1, 0.15) is 5.75 Å². The Hall–Kier alpha value is -2.03. The number of benzene rings is 2. The van der Waals surface area contributed by atoms with E-state index in [-0.39, 0.29) is 17.3 Å². The number of esters is 1. The molecule has 0 N–H and O–H groups in total. The first-order chi connectivity index (χ1) is 10.8. The summed E-state index contributed by atoms with van der Waals surface area (Å²) < 4.78 is 10.7. The van der Waals surface area contributed by atoms with Crippen molar-refractivity contribution in [3.63, 3.8) is 0 Å². The van der Waals surface area contributed by atoms with Gasteiger partial charge in [-0.15, -0.1) is 0 Å². The maximum Gasteiger partial charge on any atom is 0.313 e. The Morgan fingerprint density at radius 3 is 2.39 bits per heavy atom. The Labute approximate surface area is 138 Å². The molecule has 2 aromatic rings. The third-order valence-corrected chi connectivity index (χ3v) is 4.02. The summed E-state index contributed by atoms with van der Waals surface area (Å²) in [5.41, 5.74) is 1.15. The number of carbonyl (C=O) groups is 1. The van der Waals surface area contributed by atoms with Gasteiger partial charge in [-0.25, -0.2) is 0 Å². The molecule has 0 amide bonds. The van der Waals surface area contributed by atoms with Crippen molar-refractivity contribution in [1.29, 1.82) is 0 Å². The number of fused-ring (bicyclic) bond motifs is 1. The van der Waals surface area contributed by atoms with E-state index in [2.05, 4.69) is 20.8 Å². The molecule has 0 aliphatic carbocycles. The lowest BCUT2D eigenvalue weighted by atomic mass is 9.93. The fourth-order valence-corrected chi connectivity index (χ4v) is 2.36. The molecule has 3 nitrogen and oxygen atoms in total. The minimum atomic E-state index is -0.263. The molecule has 0 spiro atoms. The molecule has 0 radical (unpaired) electrons. The zero-order chi connectivity index (χ0) is 17.0. The van der Waals surface area contributed by atoms with E-state index in [0.717, 1.165) is 28.5 Å². The topological polar surface area (TPSA) is 35.5 Å². The highest BCUT2D eigenvalue weighted by molar-refractivity contribution is 5.86. The van der Waals surface area contributed by atoms with Gasteiger partial charge in [-0.3, -0.25) is 4.79 Å².